The largest absolute Gasteiger partial charge is 0.508 e. The van der Waals surface area contributed by atoms with Crippen molar-refractivity contribution < 1.29 is 29.0 Å². The van der Waals surface area contributed by atoms with Crippen LogP contribution in [0.5, 0.6) is 5.75 Å². The molecule has 63 heavy (non-hydrogen) atoms. The number of benzene rings is 6. The lowest BCUT2D eigenvalue weighted by Gasteiger charge is -2.37. The van der Waals surface area contributed by atoms with Crippen LogP contribution in [0.2, 0.25) is 0 Å². The summed E-state index contributed by atoms with van der Waals surface area (Å²) < 4.78 is 11.7. The SMILES string of the molecule is Cc1ccc(C(NCCCC[C@H](NC(=O)OCC2c3ccccc3-c3ccccc32)C(=O)N[C@@H](Cc2ccc(O)cc2)C(=O)OC(C)(C)C)(c2ccccc2)c2ccccc2)cc1. The number of phenols is 1. The van der Waals surface area contributed by atoms with Gasteiger partial charge in [0.15, 0.2) is 0 Å². The lowest BCUT2D eigenvalue weighted by molar-refractivity contribution is -0.158. The molecule has 0 aliphatic heterocycles. The van der Waals surface area contributed by atoms with E-state index >= 15 is 0 Å². The molecule has 2 amide bonds. The number of amides is 2. The van der Waals surface area contributed by atoms with E-state index in [2.05, 4.69) is 95.7 Å². The number of carbonyl (C=O) groups excluding carboxylic acids is 3. The molecule has 6 aromatic carbocycles. The molecule has 1 aliphatic rings. The third-order valence-corrected chi connectivity index (χ3v) is 11.5. The van der Waals surface area contributed by atoms with Crippen molar-refractivity contribution in [2.75, 3.05) is 13.2 Å². The van der Waals surface area contributed by atoms with Crippen LogP contribution < -0.4 is 16.0 Å². The number of nitrogens with one attached hydrogen (secondary N) is 3. The second-order valence-corrected chi connectivity index (χ2v) is 17.3. The maximum absolute atomic E-state index is 14.4. The van der Waals surface area contributed by atoms with Crippen molar-refractivity contribution >= 4 is 18.0 Å². The van der Waals surface area contributed by atoms with Crippen molar-refractivity contribution in [3.63, 3.8) is 0 Å². The Labute approximate surface area is 370 Å². The van der Waals surface area contributed by atoms with E-state index in [1.54, 1.807) is 32.9 Å². The van der Waals surface area contributed by atoms with E-state index in [0.717, 1.165) is 38.9 Å². The monoisotopic (exact) mass is 843 g/mol. The molecule has 7 rings (SSSR count). The summed E-state index contributed by atoms with van der Waals surface area (Å²) in [5.74, 6) is -1.22. The van der Waals surface area contributed by atoms with Crippen molar-refractivity contribution in [3.05, 3.63) is 197 Å². The highest BCUT2D eigenvalue weighted by Crippen LogP contribution is 2.44. The summed E-state index contributed by atoms with van der Waals surface area (Å²) >= 11 is 0. The highest BCUT2D eigenvalue weighted by atomic mass is 16.6. The Bertz CT molecular complexity index is 2380. The van der Waals surface area contributed by atoms with Crippen LogP contribution in [0.25, 0.3) is 11.1 Å². The minimum atomic E-state index is -1.07. The maximum Gasteiger partial charge on any atom is 0.407 e. The molecule has 9 heteroatoms. The van der Waals surface area contributed by atoms with Crippen LogP contribution in [0.1, 0.15) is 84.9 Å². The predicted octanol–water partition coefficient (Wildman–Crippen LogP) is 9.73. The first kappa shape index (κ1) is 44.3. The van der Waals surface area contributed by atoms with Gasteiger partial charge < -0.3 is 25.2 Å². The second-order valence-electron chi connectivity index (χ2n) is 17.3. The number of hydrogen-bond acceptors (Lipinski definition) is 7. The minimum absolute atomic E-state index is 0.0829. The van der Waals surface area contributed by atoms with E-state index in [1.807, 2.05) is 60.7 Å². The fraction of sp³-hybridized carbons (Fsp3) is 0.278. The zero-order valence-corrected chi connectivity index (χ0v) is 36.5. The number of esters is 1. The lowest BCUT2D eigenvalue weighted by Crippen LogP contribution is -2.53. The Hall–Kier alpha value is -6.71. The number of fused-ring (bicyclic) bond motifs is 3. The van der Waals surface area contributed by atoms with Crippen LogP contribution >= 0.6 is 0 Å². The molecular weight excluding hydrogens is 787 g/mol. The van der Waals surface area contributed by atoms with Crippen LogP contribution in [0.15, 0.2) is 158 Å². The van der Waals surface area contributed by atoms with Gasteiger partial charge in [0, 0.05) is 12.3 Å². The van der Waals surface area contributed by atoms with Gasteiger partial charge in [-0.15, -0.1) is 0 Å². The van der Waals surface area contributed by atoms with Gasteiger partial charge in [0.05, 0.1) is 5.54 Å². The summed E-state index contributed by atoms with van der Waals surface area (Å²) in [5.41, 5.74) is 8.07. The van der Waals surface area contributed by atoms with Crippen molar-refractivity contribution in [1.29, 1.82) is 0 Å². The molecule has 0 aromatic heterocycles. The second kappa shape index (κ2) is 20.0. The fourth-order valence-corrected chi connectivity index (χ4v) is 8.49. The van der Waals surface area contributed by atoms with Crippen molar-refractivity contribution in [3.8, 4) is 16.9 Å². The highest BCUT2D eigenvalue weighted by Gasteiger charge is 2.36. The minimum Gasteiger partial charge on any atom is -0.508 e. The first-order chi connectivity index (χ1) is 30.4. The first-order valence-corrected chi connectivity index (χ1v) is 21.8. The Balaban J connectivity index is 1.10. The molecule has 1 aliphatic carbocycles. The molecule has 0 fully saturated rings. The van der Waals surface area contributed by atoms with E-state index in [0.29, 0.717) is 24.9 Å². The number of aryl methyl sites for hydroxylation is 1. The highest BCUT2D eigenvalue weighted by molar-refractivity contribution is 5.90. The molecule has 9 nitrogen and oxygen atoms in total. The zero-order valence-electron chi connectivity index (χ0n) is 36.5. The molecule has 0 bridgehead atoms. The van der Waals surface area contributed by atoms with Gasteiger partial charge in [-0.1, -0.05) is 151 Å². The van der Waals surface area contributed by atoms with Gasteiger partial charge in [-0.05, 0) is 110 Å². The van der Waals surface area contributed by atoms with Gasteiger partial charge in [-0.2, -0.15) is 0 Å². The van der Waals surface area contributed by atoms with Crippen LogP contribution in [-0.2, 0) is 31.0 Å². The van der Waals surface area contributed by atoms with E-state index in [-0.39, 0.29) is 31.1 Å². The number of rotatable bonds is 17. The normalized spacial score (nSPS) is 13.3. The summed E-state index contributed by atoms with van der Waals surface area (Å²) in [6, 6.07) is 49.9. The average molecular weight is 844 g/mol. The standard InChI is InChI=1S/C54H57N3O6/c1-37-26-30-41(31-27-37)54(39-17-7-5-8-18-39,40-19-9-6-10-20-40)55-34-16-15-25-48(50(59)56-49(51(60)63-53(2,3)4)35-38-28-32-42(58)33-29-38)57-52(61)62-36-47-45-23-13-11-21-43(45)44-22-12-14-24-46(44)47/h5-14,17-24,26-33,47-49,55,58H,15-16,25,34-36H2,1-4H3,(H,56,59)(H,57,61)/t48-,49-/m0/s1. The van der Waals surface area contributed by atoms with E-state index in [4.69, 9.17) is 9.47 Å². The van der Waals surface area contributed by atoms with E-state index in [1.165, 1.54) is 17.7 Å². The number of unbranched alkanes of at least 4 members (excludes halogenated alkanes) is 1. The molecule has 0 heterocycles. The maximum atomic E-state index is 14.4. The van der Waals surface area contributed by atoms with Crippen LogP contribution in [0.4, 0.5) is 4.79 Å². The Morgan fingerprint density at radius 1 is 0.635 bits per heavy atom. The Morgan fingerprint density at radius 3 is 1.75 bits per heavy atom. The van der Waals surface area contributed by atoms with Gasteiger partial charge in [0.2, 0.25) is 5.91 Å². The number of ether oxygens (including phenoxy) is 2. The molecule has 4 N–H and O–H groups in total. The topological polar surface area (TPSA) is 126 Å². The molecule has 2 atom stereocenters. The quantitative estimate of drug-likeness (QED) is 0.0410. The number of phenolic OH excluding ortho intramolecular Hbond substituents is 1. The summed E-state index contributed by atoms with van der Waals surface area (Å²) in [4.78, 5) is 41.7. The van der Waals surface area contributed by atoms with Gasteiger partial charge >= 0.3 is 12.1 Å². The summed E-state index contributed by atoms with van der Waals surface area (Å²) in [7, 11) is 0. The van der Waals surface area contributed by atoms with E-state index in [9.17, 15) is 19.5 Å². The first-order valence-electron chi connectivity index (χ1n) is 21.8. The average Bonchev–Trinajstić information content (AvgIpc) is 3.60. The smallest absolute Gasteiger partial charge is 0.407 e. The summed E-state index contributed by atoms with van der Waals surface area (Å²) in [6.07, 6.45) is 0.868. The Kier molecular flexibility index (Phi) is 14.1. The number of aromatic hydroxyl groups is 1. The van der Waals surface area contributed by atoms with Gasteiger partial charge in [0.1, 0.15) is 30.0 Å². The number of carbonyl (C=O) groups is 3. The van der Waals surface area contributed by atoms with Gasteiger partial charge in [-0.25, -0.2) is 9.59 Å². The molecule has 6 aromatic rings. The lowest BCUT2D eigenvalue weighted by atomic mass is 9.76. The van der Waals surface area contributed by atoms with Crippen molar-refractivity contribution in [2.24, 2.45) is 0 Å². The summed E-state index contributed by atoms with van der Waals surface area (Å²) in [5, 5.41) is 19.6. The van der Waals surface area contributed by atoms with Crippen LogP contribution in [0, 0.1) is 6.92 Å². The molecule has 0 saturated heterocycles. The third-order valence-electron chi connectivity index (χ3n) is 11.5. The molecule has 0 unspecified atom stereocenters. The van der Waals surface area contributed by atoms with E-state index < -0.39 is 41.2 Å². The third kappa shape index (κ3) is 10.9. The Morgan fingerprint density at radius 2 is 1.17 bits per heavy atom. The van der Waals surface area contributed by atoms with Crippen molar-refractivity contribution in [1.82, 2.24) is 16.0 Å². The molecular formula is C54H57N3O6. The molecule has 324 valence electrons. The summed E-state index contributed by atoms with van der Waals surface area (Å²) in [6.45, 7) is 8.04. The van der Waals surface area contributed by atoms with Gasteiger partial charge in [-0.3, -0.25) is 10.1 Å². The zero-order chi connectivity index (χ0) is 44.4. The molecule has 0 saturated carbocycles. The predicted molar refractivity (Wildman–Crippen MR) is 247 cm³/mol. The number of alkyl carbamates (subject to hydrolysis) is 1. The number of hydrogen-bond donors (Lipinski definition) is 4. The van der Waals surface area contributed by atoms with Gasteiger partial charge in [0.25, 0.3) is 0 Å². The van der Waals surface area contributed by atoms with Crippen LogP contribution in [-0.4, -0.2) is 53.9 Å². The fourth-order valence-electron chi connectivity index (χ4n) is 8.49. The van der Waals surface area contributed by atoms with Crippen LogP contribution in [0.3, 0.4) is 0 Å². The molecule has 0 radical (unpaired) electrons. The van der Waals surface area contributed by atoms with Crippen molar-refractivity contribution in [2.45, 2.75) is 82.5 Å². The molecule has 0 spiro atoms.